The lowest BCUT2D eigenvalue weighted by Gasteiger charge is -2.21. The number of rotatable bonds is 3. The predicted molar refractivity (Wildman–Crippen MR) is 58.9 cm³/mol. The predicted octanol–water partition coefficient (Wildman–Crippen LogP) is 1.63. The van der Waals surface area contributed by atoms with Crippen molar-refractivity contribution in [2.24, 2.45) is 5.73 Å². The number of anilines is 1. The molecular formula is C9H14BrN3. The highest BCUT2D eigenvalue weighted by Crippen LogP contribution is 2.21. The van der Waals surface area contributed by atoms with E-state index in [-0.39, 0.29) is 6.04 Å². The second kappa shape index (κ2) is 4.58. The monoisotopic (exact) mass is 243 g/mol. The number of hydrogen-bond acceptors (Lipinski definition) is 3. The number of aromatic nitrogens is 1. The van der Waals surface area contributed by atoms with Crippen LogP contribution in [0.5, 0.6) is 0 Å². The highest BCUT2D eigenvalue weighted by molar-refractivity contribution is 9.10. The van der Waals surface area contributed by atoms with Gasteiger partial charge < -0.3 is 10.6 Å². The van der Waals surface area contributed by atoms with Crippen molar-refractivity contribution in [3.63, 3.8) is 0 Å². The van der Waals surface area contributed by atoms with Gasteiger partial charge in [0.25, 0.3) is 0 Å². The zero-order chi connectivity index (χ0) is 9.84. The summed E-state index contributed by atoms with van der Waals surface area (Å²) in [6.07, 6.45) is 1.78. The van der Waals surface area contributed by atoms with E-state index in [1.54, 1.807) is 6.20 Å². The molecule has 13 heavy (non-hydrogen) atoms. The molecular weight excluding hydrogens is 230 g/mol. The molecule has 0 aliphatic heterocycles. The van der Waals surface area contributed by atoms with E-state index in [0.29, 0.717) is 0 Å². The molecule has 0 spiro atoms. The van der Waals surface area contributed by atoms with Gasteiger partial charge in [0, 0.05) is 25.8 Å². The quantitative estimate of drug-likeness (QED) is 0.878. The zero-order valence-electron chi connectivity index (χ0n) is 7.87. The summed E-state index contributed by atoms with van der Waals surface area (Å²) in [7, 11) is 1.98. The minimum Gasteiger partial charge on any atom is -0.357 e. The summed E-state index contributed by atoms with van der Waals surface area (Å²) < 4.78 is 0.998. The summed E-state index contributed by atoms with van der Waals surface area (Å²) in [5, 5.41) is 0. The lowest BCUT2D eigenvalue weighted by molar-refractivity contribution is 0.711. The van der Waals surface area contributed by atoms with Crippen LogP contribution < -0.4 is 10.6 Å². The Hall–Kier alpha value is -0.610. The van der Waals surface area contributed by atoms with Crippen LogP contribution in [-0.4, -0.2) is 24.6 Å². The van der Waals surface area contributed by atoms with Gasteiger partial charge in [0.1, 0.15) is 5.82 Å². The van der Waals surface area contributed by atoms with Gasteiger partial charge in [0.2, 0.25) is 0 Å². The van der Waals surface area contributed by atoms with Crippen LogP contribution in [0.3, 0.4) is 0 Å². The van der Waals surface area contributed by atoms with Crippen LogP contribution in [0.15, 0.2) is 22.8 Å². The van der Waals surface area contributed by atoms with E-state index >= 15 is 0 Å². The molecule has 0 saturated heterocycles. The minimum atomic E-state index is 0.152. The zero-order valence-corrected chi connectivity index (χ0v) is 9.45. The molecule has 1 unspecified atom stereocenters. The van der Waals surface area contributed by atoms with Gasteiger partial charge >= 0.3 is 0 Å². The molecule has 4 heteroatoms. The molecule has 0 bridgehead atoms. The Bertz CT molecular complexity index is 275. The van der Waals surface area contributed by atoms with E-state index in [0.717, 1.165) is 16.8 Å². The largest absolute Gasteiger partial charge is 0.357 e. The van der Waals surface area contributed by atoms with E-state index in [2.05, 4.69) is 20.9 Å². The van der Waals surface area contributed by atoms with Crippen molar-refractivity contribution >= 4 is 21.7 Å². The maximum Gasteiger partial charge on any atom is 0.142 e. The third-order valence-electron chi connectivity index (χ3n) is 1.66. The first-order valence-electron chi connectivity index (χ1n) is 4.18. The van der Waals surface area contributed by atoms with Crippen LogP contribution >= 0.6 is 15.9 Å². The molecule has 1 aromatic rings. The molecule has 0 aliphatic rings. The summed E-state index contributed by atoms with van der Waals surface area (Å²) in [5.74, 6) is 0.930. The molecule has 0 saturated carbocycles. The third-order valence-corrected chi connectivity index (χ3v) is 2.28. The topological polar surface area (TPSA) is 42.1 Å². The van der Waals surface area contributed by atoms with E-state index in [4.69, 9.17) is 5.73 Å². The third kappa shape index (κ3) is 2.97. The first-order chi connectivity index (χ1) is 6.11. The molecule has 72 valence electrons. The van der Waals surface area contributed by atoms with Crippen molar-refractivity contribution in [2.45, 2.75) is 13.0 Å². The first kappa shape index (κ1) is 10.5. The Kier molecular flexibility index (Phi) is 3.69. The lowest BCUT2D eigenvalue weighted by Crippen LogP contribution is -2.33. The van der Waals surface area contributed by atoms with Crippen LogP contribution in [-0.2, 0) is 0 Å². The molecule has 0 fully saturated rings. The van der Waals surface area contributed by atoms with Crippen LogP contribution in [0.4, 0.5) is 5.82 Å². The summed E-state index contributed by atoms with van der Waals surface area (Å²) in [6.45, 7) is 2.78. The molecule has 0 amide bonds. The van der Waals surface area contributed by atoms with E-state index in [9.17, 15) is 0 Å². The van der Waals surface area contributed by atoms with E-state index < -0.39 is 0 Å². The molecule has 2 N–H and O–H groups in total. The molecule has 3 nitrogen and oxygen atoms in total. The highest BCUT2D eigenvalue weighted by Gasteiger charge is 2.07. The van der Waals surface area contributed by atoms with Crippen molar-refractivity contribution in [2.75, 3.05) is 18.5 Å². The fourth-order valence-electron chi connectivity index (χ4n) is 1.18. The average molecular weight is 244 g/mol. The molecule has 1 aromatic heterocycles. The number of nitrogens with zero attached hydrogens (tertiary/aromatic N) is 2. The minimum absolute atomic E-state index is 0.152. The van der Waals surface area contributed by atoms with Crippen molar-refractivity contribution in [1.29, 1.82) is 0 Å². The Labute approximate surface area is 87.1 Å². The summed E-state index contributed by atoms with van der Waals surface area (Å²) in [5.41, 5.74) is 5.70. The number of nitrogens with two attached hydrogens (primary N) is 1. The standard InChI is InChI=1S/C9H14BrN3/c1-7(11)6-13(2)9-8(10)4-3-5-12-9/h3-5,7H,6,11H2,1-2H3. The number of likely N-dealkylation sites (N-methyl/N-ethyl adjacent to an activating group) is 1. The van der Waals surface area contributed by atoms with Gasteiger partial charge in [-0.1, -0.05) is 0 Å². The van der Waals surface area contributed by atoms with Gasteiger partial charge in [0.05, 0.1) is 4.47 Å². The summed E-state index contributed by atoms with van der Waals surface area (Å²) in [6, 6.07) is 4.02. The highest BCUT2D eigenvalue weighted by atomic mass is 79.9. The molecule has 0 aromatic carbocycles. The summed E-state index contributed by atoms with van der Waals surface area (Å²) >= 11 is 3.44. The smallest absolute Gasteiger partial charge is 0.142 e. The van der Waals surface area contributed by atoms with Crippen LogP contribution in [0.2, 0.25) is 0 Å². The molecule has 0 radical (unpaired) electrons. The van der Waals surface area contributed by atoms with Gasteiger partial charge in [-0.15, -0.1) is 0 Å². The second-order valence-electron chi connectivity index (χ2n) is 3.17. The van der Waals surface area contributed by atoms with Crippen LogP contribution in [0, 0.1) is 0 Å². The van der Waals surface area contributed by atoms with Gasteiger partial charge in [0.15, 0.2) is 0 Å². The van der Waals surface area contributed by atoms with Gasteiger partial charge in [-0.05, 0) is 35.0 Å². The van der Waals surface area contributed by atoms with Crippen molar-refractivity contribution in [1.82, 2.24) is 4.98 Å². The fourth-order valence-corrected chi connectivity index (χ4v) is 1.73. The van der Waals surface area contributed by atoms with Gasteiger partial charge in [-0.3, -0.25) is 0 Å². The Morgan fingerprint density at radius 1 is 1.69 bits per heavy atom. The average Bonchev–Trinajstić information content (AvgIpc) is 2.03. The Morgan fingerprint density at radius 2 is 2.38 bits per heavy atom. The number of halogens is 1. The first-order valence-corrected chi connectivity index (χ1v) is 4.98. The van der Waals surface area contributed by atoms with Crippen LogP contribution in [0.25, 0.3) is 0 Å². The molecule has 1 atom stereocenters. The van der Waals surface area contributed by atoms with Crippen molar-refractivity contribution in [3.8, 4) is 0 Å². The molecule has 1 heterocycles. The van der Waals surface area contributed by atoms with E-state index in [1.807, 2.05) is 31.0 Å². The second-order valence-corrected chi connectivity index (χ2v) is 4.02. The molecule has 1 rings (SSSR count). The van der Waals surface area contributed by atoms with E-state index in [1.165, 1.54) is 0 Å². The van der Waals surface area contributed by atoms with Crippen LogP contribution in [0.1, 0.15) is 6.92 Å². The maximum atomic E-state index is 5.70. The van der Waals surface area contributed by atoms with Crippen molar-refractivity contribution in [3.05, 3.63) is 22.8 Å². The lowest BCUT2D eigenvalue weighted by atomic mass is 10.3. The Balaban J connectivity index is 2.76. The van der Waals surface area contributed by atoms with Crippen molar-refractivity contribution < 1.29 is 0 Å². The SMILES string of the molecule is CC(N)CN(C)c1ncccc1Br. The van der Waals surface area contributed by atoms with Gasteiger partial charge in [-0.25, -0.2) is 4.98 Å². The maximum absolute atomic E-state index is 5.70. The Morgan fingerprint density at radius 3 is 2.92 bits per heavy atom. The molecule has 0 aliphatic carbocycles. The number of hydrogen-bond donors (Lipinski definition) is 1. The summed E-state index contributed by atoms with van der Waals surface area (Å²) in [4.78, 5) is 6.29. The van der Waals surface area contributed by atoms with Gasteiger partial charge in [-0.2, -0.15) is 0 Å². The fraction of sp³-hybridized carbons (Fsp3) is 0.444. The normalized spacial score (nSPS) is 12.6. The number of pyridine rings is 1.